The number of hydrogen-bond acceptors (Lipinski definition) is 0. The third kappa shape index (κ3) is 2.92. The Bertz CT molecular complexity index is 1650. The summed E-state index contributed by atoms with van der Waals surface area (Å²) >= 11 is 0. The van der Waals surface area contributed by atoms with Crippen molar-refractivity contribution >= 4 is 27.1 Å². The van der Waals surface area contributed by atoms with Crippen molar-refractivity contribution in [3.05, 3.63) is 161 Å². The minimum atomic E-state index is 0.281. The molecule has 5 aromatic carbocycles. The maximum atomic E-state index is 2.44. The zero-order chi connectivity index (χ0) is 22.5. The Labute approximate surface area is 200 Å². The first-order valence-electron chi connectivity index (χ1n) is 12.0. The molecule has 0 aromatic heterocycles. The molecule has 0 bridgehead atoms. The minimum absolute atomic E-state index is 0.281. The number of hydrogen-bond donors (Lipinski definition) is 0. The van der Waals surface area contributed by atoms with Gasteiger partial charge in [-0.3, -0.25) is 0 Å². The Kier molecular flexibility index (Phi) is 4.38. The van der Waals surface area contributed by atoms with Crippen LogP contribution in [0.2, 0.25) is 0 Å². The zero-order valence-corrected chi connectivity index (χ0v) is 18.9. The lowest BCUT2D eigenvalue weighted by atomic mass is 9.66. The van der Waals surface area contributed by atoms with Crippen LogP contribution in [0.25, 0.3) is 27.1 Å². The van der Waals surface area contributed by atoms with Gasteiger partial charge in [-0.2, -0.15) is 0 Å². The SMILES string of the molecule is C1=CC2=C(c3ccccc3)c3ccccc3C(c3ccc4ccc5ccccc5c4c3)C2C=C1. The topological polar surface area (TPSA) is 0 Å². The van der Waals surface area contributed by atoms with E-state index < -0.39 is 0 Å². The van der Waals surface area contributed by atoms with Gasteiger partial charge in [-0.15, -0.1) is 0 Å². The quantitative estimate of drug-likeness (QED) is 0.245. The van der Waals surface area contributed by atoms with Crippen molar-refractivity contribution in [1.82, 2.24) is 0 Å². The Morgan fingerprint density at radius 1 is 0.559 bits per heavy atom. The molecule has 5 aromatic rings. The first-order chi connectivity index (χ1) is 16.9. The van der Waals surface area contributed by atoms with E-state index in [9.17, 15) is 0 Å². The highest BCUT2D eigenvalue weighted by molar-refractivity contribution is 6.07. The fourth-order valence-corrected chi connectivity index (χ4v) is 5.97. The third-order valence-electron chi connectivity index (χ3n) is 7.47. The Morgan fingerprint density at radius 3 is 2.21 bits per heavy atom. The molecule has 34 heavy (non-hydrogen) atoms. The van der Waals surface area contributed by atoms with Gasteiger partial charge in [0.05, 0.1) is 0 Å². The van der Waals surface area contributed by atoms with Crippen LogP contribution in [0.3, 0.4) is 0 Å². The van der Waals surface area contributed by atoms with E-state index in [4.69, 9.17) is 0 Å². The Balaban J connectivity index is 1.50. The monoisotopic (exact) mass is 432 g/mol. The summed E-state index contributed by atoms with van der Waals surface area (Å²) in [7, 11) is 0. The molecule has 2 unspecified atom stereocenters. The van der Waals surface area contributed by atoms with Crippen molar-refractivity contribution in [1.29, 1.82) is 0 Å². The lowest BCUT2D eigenvalue weighted by molar-refractivity contribution is 0.649. The molecule has 2 atom stereocenters. The van der Waals surface area contributed by atoms with Crippen molar-refractivity contribution in [2.45, 2.75) is 5.92 Å². The Hall–Kier alpha value is -4.16. The number of benzene rings is 5. The predicted molar refractivity (Wildman–Crippen MR) is 144 cm³/mol. The molecule has 7 rings (SSSR count). The molecule has 0 radical (unpaired) electrons. The molecule has 0 fully saturated rings. The standard InChI is InChI=1S/C34H24/c1-2-11-25(12-3-1)33-28-14-6-8-16-30(28)34(31-17-9-7-15-29(31)33)26-21-20-24-19-18-23-10-4-5-13-27(23)32(24)22-26/h1-22,30,34H. The second kappa shape index (κ2) is 7.71. The van der Waals surface area contributed by atoms with Gasteiger partial charge in [0.15, 0.2) is 0 Å². The second-order valence-electron chi connectivity index (χ2n) is 9.30. The summed E-state index contributed by atoms with van der Waals surface area (Å²) in [5, 5.41) is 5.25. The summed E-state index contributed by atoms with van der Waals surface area (Å²) in [6.07, 6.45) is 9.13. The molecule has 0 aliphatic heterocycles. The average molecular weight is 433 g/mol. The number of rotatable bonds is 2. The van der Waals surface area contributed by atoms with Gasteiger partial charge in [-0.1, -0.05) is 127 Å². The maximum Gasteiger partial charge on any atom is 0.0199 e. The van der Waals surface area contributed by atoms with E-state index in [0.29, 0.717) is 5.92 Å². The summed E-state index contributed by atoms with van der Waals surface area (Å²) in [6.45, 7) is 0. The summed E-state index contributed by atoms with van der Waals surface area (Å²) in [5.41, 5.74) is 8.21. The van der Waals surface area contributed by atoms with Crippen molar-refractivity contribution in [2.75, 3.05) is 0 Å². The molecule has 2 aliphatic rings. The van der Waals surface area contributed by atoms with Gasteiger partial charge in [-0.25, -0.2) is 0 Å². The molecule has 0 amide bonds. The molecule has 0 saturated carbocycles. The van der Waals surface area contributed by atoms with E-state index in [2.05, 4.69) is 133 Å². The molecule has 0 spiro atoms. The molecular formula is C34H24. The van der Waals surface area contributed by atoms with E-state index >= 15 is 0 Å². The van der Waals surface area contributed by atoms with Crippen LogP contribution in [-0.4, -0.2) is 0 Å². The molecule has 2 aliphatic carbocycles. The molecule has 160 valence electrons. The maximum absolute atomic E-state index is 2.44. The smallest absolute Gasteiger partial charge is 0.0199 e. The summed E-state index contributed by atoms with van der Waals surface area (Å²) in [4.78, 5) is 0. The van der Waals surface area contributed by atoms with Gasteiger partial charge >= 0.3 is 0 Å². The highest BCUT2D eigenvalue weighted by Gasteiger charge is 2.35. The molecule has 0 saturated heterocycles. The average Bonchev–Trinajstić information content (AvgIpc) is 2.92. The van der Waals surface area contributed by atoms with E-state index in [1.807, 2.05) is 0 Å². The molecule has 0 nitrogen and oxygen atoms in total. The molecule has 0 heterocycles. The van der Waals surface area contributed by atoms with Crippen molar-refractivity contribution in [3.63, 3.8) is 0 Å². The highest BCUT2D eigenvalue weighted by Crippen LogP contribution is 2.50. The predicted octanol–water partition coefficient (Wildman–Crippen LogP) is 8.68. The van der Waals surface area contributed by atoms with Gasteiger partial charge in [0.25, 0.3) is 0 Å². The van der Waals surface area contributed by atoms with Crippen LogP contribution in [0.4, 0.5) is 0 Å². The fraction of sp³-hybridized carbons (Fsp3) is 0.0588. The summed E-state index contributed by atoms with van der Waals surface area (Å²) in [5.74, 6) is 0.589. The van der Waals surface area contributed by atoms with Crippen LogP contribution in [0.1, 0.15) is 28.2 Å². The minimum Gasteiger partial charge on any atom is -0.0760 e. The van der Waals surface area contributed by atoms with Gasteiger partial charge in [0.2, 0.25) is 0 Å². The molecule has 0 N–H and O–H groups in total. The van der Waals surface area contributed by atoms with Crippen molar-refractivity contribution in [2.24, 2.45) is 5.92 Å². The van der Waals surface area contributed by atoms with Crippen molar-refractivity contribution in [3.8, 4) is 0 Å². The summed E-state index contributed by atoms with van der Waals surface area (Å²) < 4.78 is 0. The number of fused-ring (bicyclic) bond motifs is 5. The van der Waals surface area contributed by atoms with Crippen LogP contribution >= 0.6 is 0 Å². The first kappa shape index (κ1) is 19.3. The second-order valence-corrected chi connectivity index (χ2v) is 9.30. The van der Waals surface area contributed by atoms with Gasteiger partial charge in [-0.05, 0) is 61.0 Å². The molecular weight excluding hydrogens is 408 g/mol. The van der Waals surface area contributed by atoms with Crippen LogP contribution < -0.4 is 0 Å². The Morgan fingerprint density at radius 2 is 1.29 bits per heavy atom. The van der Waals surface area contributed by atoms with Gasteiger partial charge in [0, 0.05) is 11.8 Å². The van der Waals surface area contributed by atoms with E-state index in [1.165, 1.54) is 54.9 Å². The fourth-order valence-electron chi connectivity index (χ4n) is 5.97. The van der Waals surface area contributed by atoms with E-state index in [1.54, 1.807) is 0 Å². The van der Waals surface area contributed by atoms with Crippen LogP contribution in [0.15, 0.2) is 139 Å². The van der Waals surface area contributed by atoms with E-state index in [0.717, 1.165) is 0 Å². The lowest BCUT2D eigenvalue weighted by Gasteiger charge is -2.37. The first-order valence-corrected chi connectivity index (χ1v) is 12.0. The van der Waals surface area contributed by atoms with Gasteiger partial charge < -0.3 is 0 Å². The number of allylic oxidation sites excluding steroid dienone is 5. The summed E-state index contributed by atoms with van der Waals surface area (Å²) in [6, 6.07) is 40.2. The zero-order valence-electron chi connectivity index (χ0n) is 18.9. The van der Waals surface area contributed by atoms with Crippen molar-refractivity contribution < 1.29 is 0 Å². The lowest BCUT2D eigenvalue weighted by Crippen LogP contribution is -2.22. The largest absolute Gasteiger partial charge is 0.0760 e. The van der Waals surface area contributed by atoms with Crippen LogP contribution in [-0.2, 0) is 0 Å². The third-order valence-corrected chi connectivity index (χ3v) is 7.47. The normalized spacial score (nSPS) is 18.8. The van der Waals surface area contributed by atoms with E-state index in [-0.39, 0.29) is 5.92 Å². The highest BCUT2D eigenvalue weighted by atomic mass is 14.4. The van der Waals surface area contributed by atoms with Crippen LogP contribution in [0, 0.1) is 5.92 Å². The van der Waals surface area contributed by atoms with Crippen LogP contribution in [0.5, 0.6) is 0 Å². The van der Waals surface area contributed by atoms with Gasteiger partial charge in [0.1, 0.15) is 0 Å². The molecule has 0 heteroatoms.